The SMILES string of the molecule is CCCCC/C=C/C1(C)CCCC1. The second-order valence-corrected chi connectivity index (χ2v) is 4.76. The Morgan fingerprint density at radius 1 is 1.15 bits per heavy atom. The lowest BCUT2D eigenvalue weighted by molar-refractivity contribution is 0.444. The van der Waals surface area contributed by atoms with Crippen LogP contribution in [-0.4, -0.2) is 0 Å². The van der Waals surface area contributed by atoms with Gasteiger partial charge in [-0.25, -0.2) is 0 Å². The molecule has 0 N–H and O–H groups in total. The summed E-state index contributed by atoms with van der Waals surface area (Å²) in [6, 6.07) is 0. The van der Waals surface area contributed by atoms with Crippen LogP contribution in [0.3, 0.4) is 0 Å². The van der Waals surface area contributed by atoms with Crippen LogP contribution < -0.4 is 0 Å². The summed E-state index contributed by atoms with van der Waals surface area (Å²) in [5, 5.41) is 0. The summed E-state index contributed by atoms with van der Waals surface area (Å²) in [6.07, 6.45) is 16.0. The Kier molecular flexibility index (Phi) is 4.55. The van der Waals surface area contributed by atoms with Crippen molar-refractivity contribution < 1.29 is 0 Å². The number of rotatable bonds is 5. The summed E-state index contributed by atoms with van der Waals surface area (Å²) in [5.74, 6) is 0. The fraction of sp³-hybridized carbons (Fsp3) is 0.846. The lowest BCUT2D eigenvalue weighted by Crippen LogP contribution is -2.05. The van der Waals surface area contributed by atoms with Gasteiger partial charge in [0.05, 0.1) is 0 Å². The van der Waals surface area contributed by atoms with Gasteiger partial charge in [-0.15, -0.1) is 0 Å². The van der Waals surface area contributed by atoms with Crippen molar-refractivity contribution in [1.29, 1.82) is 0 Å². The number of allylic oxidation sites excluding steroid dienone is 2. The van der Waals surface area contributed by atoms with Gasteiger partial charge in [0.2, 0.25) is 0 Å². The van der Waals surface area contributed by atoms with Crippen LogP contribution in [0.1, 0.15) is 65.2 Å². The van der Waals surface area contributed by atoms with Crippen molar-refractivity contribution in [2.45, 2.75) is 65.2 Å². The van der Waals surface area contributed by atoms with Gasteiger partial charge in [-0.1, -0.05) is 51.7 Å². The molecule has 0 bridgehead atoms. The lowest BCUT2D eigenvalue weighted by Gasteiger charge is -2.17. The van der Waals surface area contributed by atoms with E-state index in [2.05, 4.69) is 26.0 Å². The Morgan fingerprint density at radius 2 is 1.85 bits per heavy atom. The Balaban J connectivity index is 2.14. The molecule has 0 aliphatic heterocycles. The largest absolute Gasteiger partial charge is 0.0880 e. The fourth-order valence-corrected chi connectivity index (χ4v) is 2.23. The van der Waals surface area contributed by atoms with Crippen LogP contribution in [0.2, 0.25) is 0 Å². The molecule has 0 radical (unpaired) electrons. The normalized spacial score (nSPS) is 21.4. The van der Waals surface area contributed by atoms with Gasteiger partial charge in [0.15, 0.2) is 0 Å². The van der Waals surface area contributed by atoms with Crippen molar-refractivity contribution in [2.24, 2.45) is 5.41 Å². The third-order valence-electron chi connectivity index (χ3n) is 3.24. The van der Waals surface area contributed by atoms with E-state index in [4.69, 9.17) is 0 Å². The van der Waals surface area contributed by atoms with Gasteiger partial charge in [0.25, 0.3) is 0 Å². The van der Waals surface area contributed by atoms with Crippen LogP contribution >= 0.6 is 0 Å². The molecule has 1 aliphatic carbocycles. The van der Waals surface area contributed by atoms with Crippen molar-refractivity contribution >= 4 is 0 Å². The van der Waals surface area contributed by atoms with E-state index in [0.717, 1.165) is 0 Å². The molecule has 0 amide bonds. The van der Waals surface area contributed by atoms with E-state index in [1.165, 1.54) is 51.4 Å². The first-order valence-electron chi connectivity index (χ1n) is 5.94. The van der Waals surface area contributed by atoms with Crippen molar-refractivity contribution in [3.05, 3.63) is 12.2 Å². The predicted octanol–water partition coefficient (Wildman–Crippen LogP) is 4.70. The fourth-order valence-electron chi connectivity index (χ4n) is 2.23. The predicted molar refractivity (Wildman–Crippen MR) is 59.9 cm³/mol. The van der Waals surface area contributed by atoms with E-state index >= 15 is 0 Å². The van der Waals surface area contributed by atoms with E-state index in [-0.39, 0.29) is 0 Å². The van der Waals surface area contributed by atoms with Crippen LogP contribution in [-0.2, 0) is 0 Å². The van der Waals surface area contributed by atoms with E-state index in [9.17, 15) is 0 Å². The minimum Gasteiger partial charge on any atom is -0.0880 e. The summed E-state index contributed by atoms with van der Waals surface area (Å²) < 4.78 is 0. The zero-order valence-corrected chi connectivity index (χ0v) is 9.31. The zero-order valence-electron chi connectivity index (χ0n) is 9.31. The summed E-state index contributed by atoms with van der Waals surface area (Å²) in [7, 11) is 0. The third kappa shape index (κ3) is 3.97. The minimum absolute atomic E-state index is 0.562. The Hall–Kier alpha value is -0.260. The maximum atomic E-state index is 2.48. The van der Waals surface area contributed by atoms with Crippen LogP contribution in [0.5, 0.6) is 0 Å². The van der Waals surface area contributed by atoms with E-state index in [0.29, 0.717) is 5.41 Å². The molecule has 76 valence electrons. The molecule has 1 rings (SSSR count). The number of hydrogen-bond acceptors (Lipinski definition) is 0. The summed E-state index contributed by atoms with van der Waals surface area (Å²) in [6.45, 7) is 4.68. The maximum Gasteiger partial charge on any atom is -0.0147 e. The molecule has 0 atom stereocenters. The van der Waals surface area contributed by atoms with Crippen LogP contribution in [0, 0.1) is 5.41 Å². The Labute approximate surface area is 83.4 Å². The van der Waals surface area contributed by atoms with E-state index in [1.54, 1.807) is 0 Å². The molecule has 1 aliphatic rings. The highest BCUT2D eigenvalue weighted by molar-refractivity contribution is 4.99. The maximum absolute atomic E-state index is 2.48. The number of unbranched alkanes of at least 4 members (excludes halogenated alkanes) is 3. The molecular formula is C13H24. The molecule has 0 aromatic rings. The first-order valence-corrected chi connectivity index (χ1v) is 5.94. The summed E-state index contributed by atoms with van der Waals surface area (Å²) in [5.41, 5.74) is 0.562. The molecule has 0 heterocycles. The molecule has 0 aromatic carbocycles. The highest BCUT2D eigenvalue weighted by Gasteiger charge is 2.24. The van der Waals surface area contributed by atoms with Crippen LogP contribution in [0.4, 0.5) is 0 Å². The standard InChI is InChI=1S/C13H24/c1-3-4-5-6-7-10-13(2)11-8-9-12-13/h7,10H,3-6,8-9,11-12H2,1-2H3/b10-7+. The molecule has 0 heteroatoms. The molecule has 0 saturated heterocycles. The topological polar surface area (TPSA) is 0 Å². The molecule has 1 saturated carbocycles. The van der Waals surface area contributed by atoms with Crippen LogP contribution in [0.25, 0.3) is 0 Å². The van der Waals surface area contributed by atoms with Gasteiger partial charge in [0, 0.05) is 0 Å². The molecule has 0 nitrogen and oxygen atoms in total. The quantitative estimate of drug-likeness (QED) is 0.425. The molecule has 0 unspecified atom stereocenters. The Bertz CT molecular complexity index is 149. The molecule has 13 heavy (non-hydrogen) atoms. The van der Waals surface area contributed by atoms with Gasteiger partial charge in [-0.3, -0.25) is 0 Å². The number of hydrogen-bond donors (Lipinski definition) is 0. The second-order valence-electron chi connectivity index (χ2n) is 4.76. The molecule has 0 spiro atoms. The molecular weight excluding hydrogens is 156 g/mol. The van der Waals surface area contributed by atoms with Crippen molar-refractivity contribution in [2.75, 3.05) is 0 Å². The monoisotopic (exact) mass is 180 g/mol. The average Bonchev–Trinajstić information content (AvgIpc) is 2.53. The van der Waals surface area contributed by atoms with Gasteiger partial charge in [-0.2, -0.15) is 0 Å². The highest BCUT2D eigenvalue weighted by atomic mass is 14.3. The highest BCUT2D eigenvalue weighted by Crippen LogP contribution is 2.38. The summed E-state index contributed by atoms with van der Waals surface area (Å²) >= 11 is 0. The third-order valence-corrected chi connectivity index (χ3v) is 3.24. The van der Waals surface area contributed by atoms with Crippen LogP contribution in [0.15, 0.2) is 12.2 Å². The average molecular weight is 180 g/mol. The van der Waals surface area contributed by atoms with E-state index < -0.39 is 0 Å². The smallest absolute Gasteiger partial charge is 0.0147 e. The van der Waals surface area contributed by atoms with Crippen molar-refractivity contribution in [3.8, 4) is 0 Å². The Morgan fingerprint density at radius 3 is 2.46 bits per heavy atom. The molecule has 0 aromatic heterocycles. The first kappa shape index (κ1) is 10.8. The minimum atomic E-state index is 0.562. The van der Waals surface area contributed by atoms with Gasteiger partial charge in [-0.05, 0) is 31.1 Å². The van der Waals surface area contributed by atoms with Crippen molar-refractivity contribution in [1.82, 2.24) is 0 Å². The van der Waals surface area contributed by atoms with E-state index in [1.807, 2.05) is 0 Å². The van der Waals surface area contributed by atoms with Gasteiger partial charge in [0.1, 0.15) is 0 Å². The van der Waals surface area contributed by atoms with Gasteiger partial charge < -0.3 is 0 Å². The van der Waals surface area contributed by atoms with Crippen molar-refractivity contribution in [3.63, 3.8) is 0 Å². The van der Waals surface area contributed by atoms with Gasteiger partial charge >= 0.3 is 0 Å². The lowest BCUT2D eigenvalue weighted by atomic mass is 9.88. The second kappa shape index (κ2) is 5.47. The zero-order chi connectivity index (χ0) is 9.57. The molecule has 1 fully saturated rings. The summed E-state index contributed by atoms with van der Waals surface area (Å²) in [4.78, 5) is 0. The first-order chi connectivity index (χ1) is 6.27.